The van der Waals surface area contributed by atoms with Gasteiger partial charge in [-0.2, -0.15) is 0 Å². The number of aromatic hydroxyl groups is 1. The topological polar surface area (TPSA) is 113 Å². The van der Waals surface area contributed by atoms with E-state index in [9.17, 15) is 9.90 Å². The molecule has 0 heterocycles. The van der Waals surface area contributed by atoms with Crippen molar-refractivity contribution >= 4 is 11.7 Å². The summed E-state index contributed by atoms with van der Waals surface area (Å²) in [7, 11) is 0. The minimum absolute atomic E-state index is 0.183. The van der Waals surface area contributed by atoms with Crippen LogP contribution in [0.5, 0.6) is 5.75 Å². The van der Waals surface area contributed by atoms with Gasteiger partial charge >= 0.3 is 0 Å². The number of hydrogen-bond donors (Lipinski definition) is 4. The number of rotatable bonds is 2. The molecule has 5 heteroatoms. The average molecular weight is 179 g/mol. The van der Waals surface area contributed by atoms with Crippen LogP contribution in [-0.4, -0.2) is 16.8 Å². The van der Waals surface area contributed by atoms with Crippen LogP contribution in [0.4, 0.5) is 0 Å². The monoisotopic (exact) mass is 179 g/mol. The second-order valence-electron chi connectivity index (χ2n) is 2.51. The van der Waals surface area contributed by atoms with Crippen molar-refractivity contribution in [3.8, 4) is 5.75 Å². The molecule has 0 bridgehead atoms. The lowest BCUT2D eigenvalue weighted by atomic mass is 10.1. The van der Waals surface area contributed by atoms with Gasteiger partial charge in [-0.25, -0.2) is 0 Å². The Morgan fingerprint density at radius 2 is 2.00 bits per heavy atom. The van der Waals surface area contributed by atoms with Gasteiger partial charge in [0.1, 0.15) is 11.6 Å². The normalized spacial score (nSPS) is 9.54. The molecule has 0 spiro atoms. The number of primary amides is 1. The van der Waals surface area contributed by atoms with E-state index >= 15 is 0 Å². The molecule has 5 nitrogen and oxygen atoms in total. The third-order valence-corrected chi connectivity index (χ3v) is 1.57. The van der Waals surface area contributed by atoms with Gasteiger partial charge in [0.15, 0.2) is 0 Å². The summed E-state index contributed by atoms with van der Waals surface area (Å²) < 4.78 is 0. The van der Waals surface area contributed by atoms with Crippen LogP contribution in [-0.2, 0) is 0 Å². The van der Waals surface area contributed by atoms with Crippen LogP contribution in [0.1, 0.15) is 15.9 Å². The highest BCUT2D eigenvalue weighted by molar-refractivity contribution is 6.00. The van der Waals surface area contributed by atoms with Crippen molar-refractivity contribution in [3.63, 3.8) is 0 Å². The van der Waals surface area contributed by atoms with Crippen LogP contribution >= 0.6 is 0 Å². The number of nitrogens with two attached hydrogens (primary N) is 2. The van der Waals surface area contributed by atoms with E-state index in [2.05, 4.69) is 0 Å². The van der Waals surface area contributed by atoms with Crippen LogP contribution in [0.3, 0.4) is 0 Å². The number of amides is 1. The molecule has 0 aliphatic heterocycles. The number of carbonyl (C=O) groups is 1. The summed E-state index contributed by atoms with van der Waals surface area (Å²) in [4.78, 5) is 10.7. The Kier molecular flexibility index (Phi) is 2.19. The first-order valence-electron chi connectivity index (χ1n) is 3.49. The predicted molar refractivity (Wildman–Crippen MR) is 47.6 cm³/mol. The summed E-state index contributed by atoms with van der Waals surface area (Å²) >= 11 is 0. The Bertz CT molecular complexity index is 374. The summed E-state index contributed by atoms with van der Waals surface area (Å²) in [6.45, 7) is 0. The molecule has 0 saturated heterocycles. The summed E-state index contributed by atoms with van der Waals surface area (Å²) in [6, 6.07) is 3.95. The van der Waals surface area contributed by atoms with Crippen molar-refractivity contribution in [3.05, 3.63) is 29.3 Å². The number of carbonyl (C=O) groups excluding carboxylic acids is 1. The number of amidine groups is 1. The highest BCUT2D eigenvalue weighted by Gasteiger charge is 2.07. The van der Waals surface area contributed by atoms with Gasteiger partial charge in [0.2, 0.25) is 5.91 Å². The molecule has 0 unspecified atom stereocenters. The maximum atomic E-state index is 10.7. The molecule has 0 saturated carbocycles. The molecule has 1 amide bonds. The van der Waals surface area contributed by atoms with E-state index in [-0.39, 0.29) is 22.7 Å². The first-order chi connectivity index (χ1) is 6.02. The van der Waals surface area contributed by atoms with E-state index in [4.69, 9.17) is 16.9 Å². The largest absolute Gasteiger partial charge is 0.507 e. The van der Waals surface area contributed by atoms with E-state index in [1.807, 2.05) is 0 Å². The molecule has 6 N–H and O–H groups in total. The van der Waals surface area contributed by atoms with Crippen LogP contribution in [0.15, 0.2) is 18.2 Å². The number of phenols is 1. The molecule has 0 aromatic heterocycles. The summed E-state index contributed by atoms with van der Waals surface area (Å²) in [5.41, 5.74) is 10.5. The fourth-order valence-corrected chi connectivity index (χ4v) is 0.913. The second-order valence-corrected chi connectivity index (χ2v) is 2.51. The number of benzene rings is 1. The zero-order valence-corrected chi connectivity index (χ0v) is 6.74. The van der Waals surface area contributed by atoms with Crippen molar-refractivity contribution in [2.24, 2.45) is 11.5 Å². The maximum Gasteiger partial charge on any atom is 0.248 e. The van der Waals surface area contributed by atoms with Crippen molar-refractivity contribution < 1.29 is 9.90 Å². The predicted octanol–water partition coefficient (Wildman–Crippen LogP) is -0.225. The maximum absolute atomic E-state index is 10.7. The Balaban J connectivity index is 3.20. The molecule has 1 rings (SSSR count). The van der Waals surface area contributed by atoms with E-state index < -0.39 is 5.91 Å². The number of hydrogen-bond acceptors (Lipinski definition) is 3. The summed E-state index contributed by atoms with van der Waals surface area (Å²) in [6.07, 6.45) is 0. The summed E-state index contributed by atoms with van der Waals surface area (Å²) in [5, 5.41) is 16.3. The minimum atomic E-state index is -0.634. The van der Waals surface area contributed by atoms with Crippen molar-refractivity contribution in [1.29, 1.82) is 5.41 Å². The van der Waals surface area contributed by atoms with Gasteiger partial charge in [-0.3, -0.25) is 10.2 Å². The average Bonchev–Trinajstić information content (AvgIpc) is 2.03. The fraction of sp³-hybridized carbons (Fsp3) is 0. The smallest absolute Gasteiger partial charge is 0.248 e. The van der Waals surface area contributed by atoms with Crippen molar-refractivity contribution in [1.82, 2.24) is 0 Å². The van der Waals surface area contributed by atoms with Gasteiger partial charge in [0, 0.05) is 5.56 Å². The Morgan fingerprint density at radius 3 is 2.38 bits per heavy atom. The third-order valence-electron chi connectivity index (χ3n) is 1.57. The minimum Gasteiger partial charge on any atom is -0.507 e. The fourth-order valence-electron chi connectivity index (χ4n) is 0.913. The van der Waals surface area contributed by atoms with Crippen LogP contribution in [0, 0.1) is 5.41 Å². The van der Waals surface area contributed by atoms with Crippen molar-refractivity contribution in [2.45, 2.75) is 0 Å². The lowest BCUT2D eigenvalue weighted by molar-refractivity contribution is 0.1000. The molecule has 0 radical (unpaired) electrons. The quantitative estimate of drug-likeness (QED) is 0.371. The molecular formula is C8H9N3O2. The number of phenolic OH excluding ortho intramolecular Hbond substituents is 1. The molecule has 0 atom stereocenters. The summed E-state index contributed by atoms with van der Waals surface area (Å²) in [5.74, 6) is -1.11. The zero-order chi connectivity index (χ0) is 10.0. The van der Waals surface area contributed by atoms with E-state index in [0.29, 0.717) is 0 Å². The molecule has 0 aliphatic carbocycles. The molecule has 1 aromatic rings. The Morgan fingerprint density at radius 1 is 1.38 bits per heavy atom. The standard InChI is InChI=1S/C8H9N3O2/c9-7(10)5-2-1-4(8(11)13)3-6(5)12/h1-3,12H,(H3,9,10)(H2,11,13). The van der Waals surface area contributed by atoms with Crippen LogP contribution < -0.4 is 11.5 Å². The van der Waals surface area contributed by atoms with E-state index in [1.165, 1.54) is 18.2 Å². The first-order valence-corrected chi connectivity index (χ1v) is 3.49. The molecule has 0 fully saturated rings. The lowest BCUT2D eigenvalue weighted by Gasteiger charge is -2.02. The van der Waals surface area contributed by atoms with E-state index in [0.717, 1.165) is 0 Å². The molecule has 0 aliphatic rings. The van der Waals surface area contributed by atoms with Gasteiger partial charge < -0.3 is 16.6 Å². The lowest BCUT2D eigenvalue weighted by Crippen LogP contribution is -2.14. The third kappa shape index (κ3) is 1.76. The second kappa shape index (κ2) is 3.14. The number of nitrogen functional groups attached to an aromatic ring is 1. The molecule has 68 valence electrons. The SMILES string of the molecule is N=C(N)c1ccc(C(N)=O)cc1O. The molecular weight excluding hydrogens is 170 g/mol. The molecule has 13 heavy (non-hydrogen) atoms. The Labute approximate surface area is 74.5 Å². The van der Waals surface area contributed by atoms with Crippen molar-refractivity contribution in [2.75, 3.05) is 0 Å². The first kappa shape index (κ1) is 9.05. The number of nitrogens with one attached hydrogen (secondary N) is 1. The molecule has 1 aromatic carbocycles. The Hall–Kier alpha value is -2.04. The van der Waals surface area contributed by atoms with Gasteiger partial charge in [0.25, 0.3) is 0 Å². The van der Waals surface area contributed by atoms with E-state index in [1.54, 1.807) is 0 Å². The highest BCUT2D eigenvalue weighted by Crippen LogP contribution is 2.17. The highest BCUT2D eigenvalue weighted by atomic mass is 16.3. The van der Waals surface area contributed by atoms with Gasteiger partial charge in [-0.15, -0.1) is 0 Å². The van der Waals surface area contributed by atoms with Gasteiger partial charge in [0.05, 0.1) is 5.56 Å². The van der Waals surface area contributed by atoms with Gasteiger partial charge in [-0.1, -0.05) is 0 Å². The van der Waals surface area contributed by atoms with Crippen LogP contribution in [0.2, 0.25) is 0 Å². The zero-order valence-electron chi connectivity index (χ0n) is 6.74. The van der Waals surface area contributed by atoms with Crippen LogP contribution in [0.25, 0.3) is 0 Å². The van der Waals surface area contributed by atoms with Gasteiger partial charge in [-0.05, 0) is 18.2 Å².